The number of H-pyrrole nitrogens is 1. The van der Waals surface area contributed by atoms with Crippen LogP contribution in [0.4, 0.5) is 11.5 Å². The highest BCUT2D eigenvalue weighted by Gasteiger charge is 2.26. The van der Waals surface area contributed by atoms with E-state index in [2.05, 4.69) is 32.3 Å². The van der Waals surface area contributed by atoms with Gasteiger partial charge in [-0.05, 0) is 31.0 Å². The Labute approximate surface area is 209 Å². The third-order valence-electron chi connectivity index (χ3n) is 5.96. The normalized spacial score (nSPS) is 13.7. The molecule has 2 amide bonds. The summed E-state index contributed by atoms with van der Waals surface area (Å²) in [6.45, 7) is 1.15. The zero-order valence-electron chi connectivity index (χ0n) is 18.9. The van der Waals surface area contributed by atoms with Crippen LogP contribution in [0.3, 0.4) is 0 Å². The van der Waals surface area contributed by atoms with Gasteiger partial charge < -0.3 is 10.2 Å². The Bertz CT molecular complexity index is 1510. The summed E-state index contributed by atoms with van der Waals surface area (Å²) in [6, 6.07) is 13.7. The Kier molecular flexibility index (Phi) is 6.42. The maximum atomic E-state index is 12.8. The molecule has 2 aromatic carbocycles. The maximum Gasteiger partial charge on any atom is 0.298 e. The lowest BCUT2D eigenvalue weighted by molar-refractivity contribution is -0.384. The van der Waals surface area contributed by atoms with Crippen LogP contribution in [0.5, 0.6) is 0 Å². The Morgan fingerprint density at radius 1 is 1.17 bits per heavy atom. The van der Waals surface area contributed by atoms with Gasteiger partial charge in [0.05, 0.1) is 20.8 Å². The number of hydrogen-bond donors (Lipinski definition) is 2. The fraction of sp³-hybridized carbons (Fsp3) is 0.200. The molecule has 2 aromatic heterocycles. The van der Waals surface area contributed by atoms with E-state index in [1.807, 2.05) is 30.3 Å². The number of non-ortho nitro benzene ring substituents is 1. The number of benzene rings is 2. The molecular formula is C25H20N6O4S. The Morgan fingerprint density at radius 3 is 2.69 bits per heavy atom. The lowest BCUT2D eigenvalue weighted by atomic mass is 9.97. The van der Waals surface area contributed by atoms with Gasteiger partial charge in [0.1, 0.15) is 5.69 Å². The number of nitro groups is 1. The quantitative estimate of drug-likeness (QED) is 0.248. The predicted octanol–water partition coefficient (Wildman–Crippen LogP) is 3.94. The molecule has 0 saturated carbocycles. The van der Waals surface area contributed by atoms with Gasteiger partial charge in [0.15, 0.2) is 5.82 Å². The molecule has 1 aliphatic heterocycles. The van der Waals surface area contributed by atoms with Gasteiger partial charge in [0.2, 0.25) is 0 Å². The van der Waals surface area contributed by atoms with Crippen molar-refractivity contribution in [3.63, 3.8) is 0 Å². The zero-order chi connectivity index (χ0) is 25.1. The number of anilines is 1. The van der Waals surface area contributed by atoms with Crippen molar-refractivity contribution in [1.82, 2.24) is 20.1 Å². The van der Waals surface area contributed by atoms with Gasteiger partial charge in [-0.15, -0.1) is 11.3 Å². The minimum Gasteiger partial charge on any atom is -0.332 e. The minimum absolute atomic E-state index is 0.0915. The van der Waals surface area contributed by atoms with E-state index in [1.165, 1.54) is 23.5 Å². The molecule has 1 saturated heterocycles. The third kappa shape index (κ3) is 4.94. The Morgan fingerprint density at radius 2 is 1.94 bits per heavy atom. The first-order valence-electron chi connectivity index (χ1n) is 11.2. The predicted molar refractivity (Wildman–Crippen MR) is 135 cm³/mol. The number of carbonyl (C=O) groups excluding carboxylic acids is 2. The van der Waals surface area contributed by atoms with Crippen molar-refractivity contribution in [2.24, 2.45) is 0 Å². The number of amides is 2. The molecule has 0 spiro atoms. The van der Waals surface area contributed by atoms with Crippen LogP contribution in [-0.4, -0.2) is 49.9 Å². The Balaban J connectivity index is 1.20. The molecule has 0 atom stereocenters. The van der Waals surface area contributed by atoms with Gasteiger partial charge in [-0.1, -0.05) is 24.1 Å². The second-order valence-electron chi connectivity index (χ2n) is 8.27. The van der Waals surface area contributed by atoms with Crippen LogP contribution in [0.1, 0.15) is 39.8 Å². The van der Waals surface area contributed by atoms with Crippen LogP contribution in [0, 0.1) is 22.0 Å². The summed E-state index contributed by atoms with van der Waals surface area (Å²) in [5.74, 6) is 5.33. The van der Waals surface area contributed by atoms with Crippen molar-refractivity contribution in [2.75, 3.05) is 18.4 Å². The standard InChI is InChI=1S/C25H20N6O4S/c32-22(9-6-16-4-2-1-3-5-16)30-12-10-17(11-13-30)25-26-21(15-36-25)24(33)27-23-19-14-18(31(34)35)7-8-20(19)28-29-23/h1-5,7-8,14-15,17H,10-13H2,(H2,27,28,29,33). The average Bonchev–Trinajstić information content (AvgIpc) is 3.55. The van der Waals surface area contributed by atoms with E-state index in [-0.39, 0.29) is 29.0 Å². The van der Waals surface area contributed by atoms with Crippen molar-refractivity contribution >= 4 is 45.6 Å². The summed E-state index contributed by atoms with van der Waals surface area (Å²) in [5.41, 5.74) is 1.54. The van der Waals surface area contributed by atoms with Gasteiger partial charge in [-0.25, -0.2) is 4.98 Å². The van der Waals surface area contributed by atoms with Crippen molar-refractivity contribution in [3.05, 3.63) is 80.3 Å². The average molecular weight is 501 g/mol. The number of thiazole rings is 1. The topological polar surface area (TPSA) is 134 Å². The van der Waals surface area contributed by atoms with Crippen LogP contribution >= 0.6 is 11.3 Å². The molecule has 180 valence electrons. The van der Waals surface area contributed by atoms with Crippen molar-refractivity contribution in [2.45, 2.75) is 18.8 Å². The van der Waals surface area contributed by atoms with Crippen LogP contribution in [-0.2, 0) is 4.79 Å². The van der Waals surface area contributed by atoms with Crippen molar-refractivity contribution in [3.8, 4) is 11.8 Å². The molecule has 2 N–H and O–H groups in total. The summed E-state index contributed by atoms with van der Waals surface area (Å²) >= 11 is 1.40. The molecule has 0 radical (unpaired) electrons. The first kappa shape index (κ1) is 23.2. The Hall–Kier alpha value is -4.56. The van der Waals surface area contributed by atoms with Crippen LogP contribution < -0.4 is 5.32 Å². The minimum atomic E-state index is -0.501. The van der Waals surface area contributed by atoms with Crippen LogP contribution in [0.25, 0.3) is 10.9 Å². The van der Waals surface area contributed by atoms with E-state index in [9.17, 15) is 19.7 Å². The van der Waals surface area contributed by atoms with Crippen molar-refractivity contribution < 1.29 is 14.5 Å². The second-order valence-corrected chi connectivity index (χ2v) is 9.16. The van der Waals surface area contributed by atoms with Gasteiger partial charge in [0, 0.05) is 48.0 Å². The molecule has 0 bridgehead atoms. The van der Waals surface area contributed by atoms with E-state index < -0.39 is 10.8 Å². The second kappa shape index (κ2) is 9.97. The van der Waals surface area contributed by atoms with E-state index >= 15 is 0 Å². The zero-order valence-corrected chi connectivity index (χ0v) is 19.7. The highest BCUT2D eigenvalue weighted by Crippen LogP contribution is 2.31. The molecule has 1 fully saturated rings. The molecule has 3 heterocycles. The lowest BCUT2D eigenvalue weighted by Gasteiger charge is -2.29. The lowest BCUT2D eigenvalue weighted by Crippen LogP contribution is -2.37. The SMILES string of the molecule is O=C(Nc1n[nH]c2ccc([N+](=O)[O-])cc12)c1csc(C2CCN(C(=O)C#Cc3ccccc3)CC2)n1. The first-order valence-corrected chi connectivity index (χ1v) is 12.1. The summed E-state index contributed by atoms with van der Waals surface area (Å²) in [4.78, 5) is 42.1. The number of fused-ring (bicyclic) bond motifs is 1. The van der Waals surface area contributed by atoms with Crippen molar-refractivity contribution in [1.29, 1.82) is 0 Å². The summed E-state index contributed by atoms with van der Waals surface area (Å²) in [7, 11) is 0. The first-order chi connectivity index (χ1) is 17.5. The molecule has 5 rings (SSSR count). The molecule has 10 nitrogen and oxygen atoms in total. The van der Waals surface area contributed by atoms with Gasteiger partial charge in [-0.3, -0.25) is 24.8 Å². The molecule has 4 aromatic rings. The fourth-order valence-corrected chi connectivity index (χ4v) is 4.99. The number of likely N-dealkylation sites (tertiary alicyclic amines) is 1. The number of piperidine rings is 1. The number of aromatic amines is 1. The smallest absolute Gasteiger partial charge is 0.298 e. The summed E-state index contributed by atoms with van der Waals surface area (Å²) in [5, 5.41) is 23.5. The number of carbonyl (C=O) groups is 2. The highest BCUT2D eigenvalue weighted by molar-refractivity contribution is 7.10. The monoisotopic (exact) mass is 500 g/mol. The number of aromatic nitrogens is 3. The molecule has 11 heteroatoms. The summed E-state index contributed by atoms with van der Waals surface area (Å²) in [6.07, 6.45) is 1.47. The molecule has 0 unspecified atom stereocenters. The maximum absolute atomic E-state index is 12.8. The van der Waals surface area contributed by atoms with Crippen LogP contribution in [0.15, 0.2) is 53.9 Å². The van der Waals surface area contributed by atoms with E-state index in [0.717, 1.165) is 23.4 Å². The number of nitrogens with one attached hydrogen (secondary N) is 2. The summed E-state index contributed by atoms with van der Waals surface area (Å²) < 4.78 is 0. The molecule has 36 heavy (non-hydrogen) atoms. The number of rotatable bonds is 4. The largest absolute Gasteiger partial charge is 0.332 e. The van der Waals surface area contributed by atoms with Gasteiger partial charge in [0.25, 0.3) is 17.5 Å². The van der Waals surface area contributed by atoms with E-state index in [1.54, 1.807) is 16.3 Å². The van der Waals surface area contributed by atoms with E-state index in [4.69, 9.17) is 0 Å². The van der Waals surface area contributed by atoms with Gasteiger partial charge >= 0.3 is 0 Å². The number of nitrogens with zero attached hydrogens (tertiary/aromatic N) is 4. The highest BCUT2D eigenvalue weighted by atomic mass is 32.1. The molecular weight excluding hydrogens is 480 g/mol. The van der Waals surface area contributed by atoms with E-state index in [0.29, 0.717) is 24.0 Å². The van der Waals surface area contributed by atoms with Gasteiger partial charge in [-0.2, -0.15) is 5.10 Å². The number of nitro benzene ring substituents is 1. The molecule has 0 aliphatic carbocycles. The third-order valence-corrected chi connectivity index (χ3v) is 6.97. The van der Waals surface area contributed by atoms with Crippen LogP contribution in [0.2, 0.25) is 0 Å². The molecule has 1 aliphatic rings. The number of hydrogen-bond acceptors (Lipinski definition) is 7. The fourth-order valence-electron chi connectivity index (χ4n) is 4.02.